The van der Waals surface area contributed by atoms with E-state index in [0.717, 1.165) is 16.7 Å². The highest BCUT2D eigenvalue weighted by Crippen LogP contribution is 2.46. The van der Waals surface area contributed by atoms with Gasteiger partial charge < -0.3 is 24.2 Å². The predicted octanol–water partition coefficient (Wildman–Crippen LogP) is 4.95. The third-order valence-corrected chi connectivity index (χ3v) is 6.39. The molecule has 0 spiro atoms. The average Bonchev–Trinajstić information content (AvgIpc) is 3.14. The molecule has 1 amide bonds. The summed E-state index contributed by atoms with van der Waals surface area (Å²) in [4.78, 5) is 28.3. The van der Waals surface area contributed by atoms with E-state index in [0.29, 0.717) is 28.4 Å². The molecule has 1 aliphatic heterocycles. The van der Waals surface area contributed by atoms with Gasteiger partial charge in [-0.25, -0.2) is 0 Å². The fourth-order valence-corrected chi connectivity index (χ4v) is 4.57. The molecule has 1 atom stereocenters. The molecule has 1 aliphatic rings. The summed E-state index contributed by atoms with van der Waals surface area (Å²) in [6, 6.07) is 17.5. The molecular weight excluding hydrogens is 458 g/mol. The second-order valence-electron chi connectivity index (χ2n) is 8.69. The van der Waals surface area contributed by atoms with Crippen molar-refractivity contribution >= 4 is 17.4 Å². The number of hydrogen-bond acceptors (Lipinski definition) is 6. The normalized spacial score (nSPS) is 16.8. The van der Waals surface area contributed by atoms with Crippen LogP contribution in [0.2, 0.25) is 0 Å². The van der Waals surface area contributed by atoms with Gasteiger partial charge in [0.1, 0.15) is 5.76 Å². The maximum Gasteiger partial charge on any atom is 0.295 e. The van der Waals surface area contributed by atoms with Gasteiger partial charge in [-0.05, 0) is 48.7 Å². The monoisotopic (exact) mass is 487 g/mol. The van der Waals surface area contributed by atoms with Crippen LogP contribution in [0.25, 0.3) is 5.76 Å². The average molecular weight is 488 g/mol. The molecule has 1 heterocycles. The number of likely N-dealkylation sites (tertiary alicyclic amines) is 1. The first kappa shape index (κ1) is 24.9. The summed E-state index contributed by atoms with van der Waals surface area (Å²) in [5, 5.41) is 11.5. The van der Waals surface area contributed by atoms with Crippen LogP contribution in [0.3, 0.4) is 0 Å². The minimum absolute atomic E-state index is 0.0129. The Morgan fingerprint density at radius 3 is 2.11 bits per heavy atom. The van der Waals surface area contributed by atoms with Crippen LogP contribution in [-0.4, -0.2) is 43.0 Å². The zero-order valence-corrected chi connectivity index (χ0v) is 21.0. The number of ketones is 1. The number of benzene rings is 3. The second kappa shape index (κ2) is 10.2. The maximum atomic E-state index is 13.4. The third kappa shape index (κ3) is 4.40. The van der Waals surface area contributed by atoms with Crippen LogP contribution in [0.15, 0.2) is 66.2 Å². The van der Waals surface area contributed by atoms with Crippen molar-refractivity contribution in [2.45, 2.75) is 26.4 Å². The summed E-state index contributed by atoms with van der Waals surface area (Å²) in [7, 11) is 4.50. The number of hydrogen-bond donors (Lipinski definition) is 1. The number of aliphatic hydroxyl groups excluding tert-OH is 1. The van der Waals surface area contributed by atoms with Gasteiger partial charge in [-0.3, -0.25) is 9.59 Å². The minimum atomic E-state index is -0.876. The summed E-state index contributed by atoms with van der Waals surface area (Å²) in [6.07, 6.45) is 0. The molecule has 4 rings (SSSR count). The number of carbonyl (C=O) groups excluding carboxylic acids is 2. The molecule has 0 aromatic heterocycles. The van der Waals surface area contributed by atoms with Crippen LogP contribution in [0.1, 0.15) is 33.9 Å². The molecule has 3 aromatic rings. The zero-order chi connectivity index (χ0) is 26.0. The van der Waals surface area contributed by atoms with Gasteiger partial charge in [0.15, 0.2) is 11.5 Å². The number of amides is 1. The molecular formula is C29H29NO6. The molecule has 1 saturated heterocycles. The predicted molar refractivity (Wildman–Crippen MR) is 136 cm³/mol. The van der Waals surface area contributed by atoms with E-state index < -0.39 is 17.7 Å². The molecule has 0 aliphatic carbocycles. The van der Waals surface area contributed by atoms with Crippen molar-refractivity contribution in [2.75, 3.05) is 21.3 Å². The maximum absolute atomic E-state index is 13.4. The number of Topliss-reactive ketones (excluding diaryl/α,β-unsaturated/α-hetero) is 1. The quantitative estimate of drug-likeness (QED) is 0.288. The number of nitrogens with zero attached hydrogens (tertiary/aromatic N) is 1. The summed E-state index contributed by atoms with van der Waals surface area (Å²) >= 11 is 0. The van der Waals surface area contributed by atoms with Gasteiger partial charge in [-0.2, -0.15) is 0 Å². The Morgan fingerprint density at radius 2 is 1.53 bits per heavy atom. The highest BCUT2D eigenvalue weighted by atomic mass is 16.5. The lowest BCUT2D eigenvalue weighted by Gasteiger charge is -2.27. The first-order chi connectivity index (χ1) is 17.3. The third-order valence-electron chi connectivity index (χ3n) is 6.39. The number of ether oxygens (including phenoxy) is 3. The Bertz CT molecular complexity index is 1320. The van der Waals surface area contributed by atoms with Crippen molar-refractivity contribution < 1.29 is 28.9 Å². The molecule has 0 bridgehead atoms. The van der Waals surface area contributed by atoms with Crippen molar-refractivity contribution in [1.82, 2.24) is 4.90 Å². The standard InChI is InChI=1S/C29H29NO6/c1-17-11-12-18(2)21(13-17)26(31)24-25(20-14-22(34-3)28(36-5)23(15-20)35-4)30(29(33)27(24)32)16-19-9-7-6-8-10-19/h6-15,25,31H,16H2,1-5H3/b26-24+. The molecule has 36 heavy (non-hydrogen) atoms. The van der Waals surface area contributed by atoms with E-state index in [1.807, 2.05) is 62.4 Å². The molecule has 0 saturated carbocycles. The van der Waals surface area contributed by atoms with Gasteiger partial charge in [-0.1, -0.05) is 48.0 Å². The summed E-state index contributed by atoms with van der Waals surface area (Å²) in [5.41, 5.74) is 3.63. The summed E-state index contributed by atoms with van der Waals surface area (Å²) in [5.74, 6) is -0.512. The van der Waals surface area contributed by atoms with Gasteiger partial charge in [0.2, 0.25) is 5.75 Å². The molecule has 1 fully saturated rings. The first-order valence-corrected chi connectivity index (χ1v) is 11.5. The van der Waals surface area contributed by atoms with Crippen molar-refractivity contribution in [2.24, 2.45) is 0 Å². The second-order valence-corrected chi connectivity index (χ2v) is 8.69. The first-order valence-electron chi connectivity index (χ1n) is 11.5. The number of rotatable bonds is 7. The Balaban J connectivity index is 1.98. The van der Waals surface area contributed by atoms with E-state index in [1.165, 1.54) is 26.2 Å². The van der Waals surface area contributed by atoms with Crippen LogP contribution in [0, 0.1) is 13.8 Å². The molecule has 186 valence electrons. The van der Waals surface area contributed by atoms with Crippen LogP contribution in [0.4, 0.5) is 0 Å². The van der Waals surface area contributed by atoms with E-state index in [1.54, 1.807) is 12.1 Å². The smallest absolute Gasteiger partial charge is 0.295 e. The van der Waals surface area contributed by atoms with E-state index in [4.69, 9.17) is 14.2 Å². The Morgan fingerprint density at radius 1 is 0.889 bits per heavy atom. The van der Waals surface area contributed by atoms with Crippen molar-refractivity contribution in [3.63, 3.8) is 0 Å². The molecule has 3 aromatic carbocycles. The van der Waals surface area contributed by atoms with Crippen LogP contribution >= 0.6 is 0 Å². The fourth-order valence-electron chi connectivity index (χ4n) is 4.57. The van der Waals surface area contributed by atoms with Crippen LogP contribution in [0.5, 0.6) is 17.2 Å². The van der Waals surface area contributed by atoms with Crippen LogP contribution < -0.4 is 14.2 Å². The van der Waals surface area contributed by atoms with Gasteiger partial charge in [0.25, 0.3) is 11.7 Å². The molecule has 1 N–H and O–H groups in total. The van der Waals surface area contributed by atoms with E-state index in [-0.39, 0.29) is 17.9 Å². The molecule has 1 unspecified atom stereocenters. The van der Waals surface area contributed by atoms with E-state index in [2.05, 4.69) is 0 Å². The number of methoxy groups -OCH3 is 3. The largest absolute Gasteiger partial charge is 0.507 e. The lowest BCUT2D eigenvalue weighted by molar-refractivity contribution is -0.140. The lowest BCUT2D eigenvalue weighted by Crippen LogP contribution is -2.29. The Kier molecular flexibility index (Phi) is 7.01. The SMILES string of the molecule is COc1cc(C2/C(=C(\O)c3cc(C)ccc3C)C(=O)C(=O)N2Cc2ccccc2)cc(OC)c1OC. The number of aliphatic hydroxyl groups is 1. The Labute approximate surface area is 210 Å². The summed E-state index contributed by atoms with van der Waals surface area (Å²) < 4.78 is 16.5. The van der Waals surface area contributed by atoms with Gasteiger partial charge in [0, 0.05) is 12.1 Å². The molecule has 0 radical (unpaired) electrons. The minimum Gasteiger partial charge on any atom is -0.507 e. The lowest BCUT2D eigenvalue weighted by atomic mass is 9.92. The van der Waals surface area contributed by atoms with E-state index in [9.17, 15) is 14.7 Å². The molecule has 7 heteroatoms. The molecule has 7 nitrogen and oxygen atoms in total. The van der Waals surface area contributed by atoms with E-state index >= 15 is 0 Å². The topological polar surface area (TPSA) is 85.3 Å². The van der Waals surface area contributed by atoms with Crippen molar-refractivity contribution in [3.8, 4) is 17.2 Å². The van der Waals surface area contributed by atoms with Gasteiger partial charge in [-0.15, -0.1) is 0 Å². The highest BCUT2D eigenvalue weighted by molar-refractivity contribution is 6.46. The number of aryl methyl sites for hydroxylation is 2. The van der Waals surface area contributed by atoms with Crippen molar-refractivity contribution in [3.05, 3.63) is 94.1 Å². The number of carbonyl (C=O) groups is 2. The van der Waals surface area contributed by atoms with Gasteiger partial charge >= 0.3 is 0 Å². The zero-order valence-electron chi connectivity index (χ0n) is 21.0. The fraction of sp³-hybridized carbons (Fsp3) is 0.241. The Hall–Kier alpha value is -4.26. The summed E-state index contributed by atoms with van der Waals surface area (Å²) in [6.45, 7) is 3.93. The van der Waals surface area contributed by atoms with Gasteiger partial charge in [0.05, 0.1) is 32.9 Å². The van der Waals surface area contributed by atoms with Crippen LogP contribution in [-0.2, 0) is 16.1 Å². The van der Waals surface area contributed by atoms with Crippen molar-refractivity contribution in [1.29, 1.82) is 0 Å². The highest BCUT2D eigenvalue weighted by Gasteiger charge is 2.46.